The van der Waals surface area contributed by atoms with Crippen LogP contribution in [0.5, 0.6) is 5.75 Å². The molecule has 0 saturated heterocycles. The van der Waals surface area contributed by atoms with Crippen LogP contribution in [0.3, 0.4) is 0 Å². The summed E-state index contributed by atoms with van der Waals surface area (Å²) in [7, 11) is 0. The number of hydrogen-bond acceptors (Lipinski definition) is 3. The van der Waals surface area contributed by atoms with Gasteiger partial charge in [-0.25, -0.2) is 4.79 Å². The first-order valence-electron chi connectivity index (χ1n) is 6.87. The average Bonchev–Trinajstić information content (AvgIpc) is 2.41. The van der Waals surface area contributed by atoms with E-state index < -0.39 is 11.7 Å². The van der Waals surface area contributed by atoms with Crippen LogP contribution < -0.4 is 9.64 Å². The number of allylic oxidation sites excluding steroid dienone is 1. The van der Waals surface area contributed by atoms with E-state index in [1.165, 1.54) is 4.90 Å². The molecule has 0 fully saturated rings. The second kappa shape index (κ2) is 7.53. The van der Waals surface area contributed by atoms with Gasteiger partial charge < -0.3 is 9.47 Å². The van der Waals surface area contributed by atoms with Crippen LogP contribution in [0.25, 0.3) is 0 Å². The van der Waals surface area contributed by atoms with Crippen LogP contribution in [0.15, 0.2) is 49.3 Å². The van der Waals surface area contributed by atoms with Gasteiger partial charge in [-0.3, -0.25) is 4.90 Å². The van der Waals surface area contributed by atoms with Crippen LogP contribution in [0.2, 0.25) is 0 Å². The second-order valence-corrected chi connectivity index (χ2v) is 5.43. The summed E-state index contributed by atoms with van der Waals surface area (Å²) in [6.45, 7) is 11.4. The molecule has 1 aromatic carbocycles. The van der Waals surface area contributed by atoms with E-state index in [4.69, 9.17) is 9.47 Å². The molecular weight excluding hydrogens is 266 g/mol. The molecule has 0 atom stereocenters. The SMILES string of the molecule is C=CCN(C(=O)OC(C)(C)C)c1ccccc1O/C=C/C. The minimum absolute atomic E-state index is 0.338. The van der Waals surface area contributed by atoms with E-state index in [0.717, 1.165) is 0 Å². The van der Waals surface area contributed by atoms with Gasteiger partial charge >= 0.3 is 6.09 Å². The van der Waals surface area contributed by atoms with Crippen LogP contribution in [-0.2, 0) is 4.74 Å². The highest BCUT2D eigenvalue weighted by Gasteiger charge is 2.24. The van der Waals surface area contributed by atoms with Gasteiger partial charge in [0.1, 0.15) is 11.4 Å². The van der Waals surface area contributed by atoms with E-state index in [2.05, 4.69) is 6.58 Å². The highest BCUT2D eigenvalue weighted by atomic mass is 16.6. The lowest BCUT2D eigenvalue weighted by molar-refractivity contribution is 0.0583. The highest BCUT2D eigenvalue weighted by molar-refractivity contribution is 5.90. The summed E-state index contributed by atoms with van der Waals surface area (Å²) in [5.41, 5.74) is 0.0834. The quantitative estimate of drug-likeness (QED) is 0.590. The molecule has 0 unspecified atom stereocenters. The van der Waals surface area contributed by atoms with Gasteiger partial charge in [-0.2, -0.15) is 0 Å². The van der Waals surface area contributed by atoms with Crippen LogP contribution in [0.4, 0.5) is 10.5 Å². The van der Waals surface area contributed by atoms with Crippen molar-refractivity contribution in [1.29, 1.82) is 0 Å². The lowest BCUT2D eigenvalue weighted by Crippen LogP contribution is -2.37. The topological polar surface area (TPSA) is 38.8 Å². The lowest BCUT2D eigenvalue weighted by atomic mass is 10.2. The van der Waals surface area contributed by atoms with Gasteiger partial charge in [0.15, 0.2) is 0 Å². The first kappa shape index (κ1) is 16.8. The maximum atomic E-state index is 12.4. The Kier molecular flexibility index (Phi) is 6.03. The molecular formula is C17H23NO3. The van der Waals surface area contributed by atoms with Crippen LogP contribution in [0, 0.1) is 0 Å². The molecule has 0 spiro atoms. The molecule has 0 aliphatic heterocycles. The van der Waals surface area contributed by atoms with Gasteiger partial charge in [-0.05, 0) is 39.8 Å². The Hall–Kier alpha value is -2.23. The molecule has 1 amide bonds. The van der Waals surface area contributed by atoms with Crippen molar-refractivity contribution in [3.8, 4) is 5.75 Å². The number of carbonyl (C=O) groups is 1. The molecule has 0 saturated carbocycles. The summed E-state index contributed by atoms with van der Waals surface area (Å²) in [6, 6.07) is 7.31. The van der Waals surface area contributed by atoms with Gasteiger partial charge in [0, 0.05) is 6.54 Å². The lowest BCUT2D eigenvalue weighted by Gasteiger charge is -2.27. The monoisotopic (exact) mass is 289 g/mol. The number of hydrogen-bond donors (Lipinski definition) is 0. The van der Waals surface area contributed by atoms with Crippen LogP contribution in [0.1, 0.15) is 27.7 Å². The van der Waals surface area contributed by atoms with Crippen molar-refractivity contribution in [3.05, 3.63) is 49.3 Å². The largest absolute Gasteiger partial charge is 0.463 e. The molecule has 21 heavy (non-hydrogen) atoms. The van der Waals surface area contributed by atoms with Crippen molar-refractivity contribution in [2.45, 2.75) is 33.3 Å². The van der Waals surface area contributed by atoms with Crippen LogP contribution >= 0.6 is 0 Å². The van der Waals surface area contributed by atoms with Gasteiger partial charge in [-0.15, -0.1) is 6.58 Å². The molecule has 0 aliphatic carbocycles. The first-order chi connectivity index (χ1) is 9.89. The minimum atomic E-state index is -0.560. The fourth-order valence-corrected chi connectivity index (χ4v) is 1.64. The highest BCUT2D eigenvalue weighted by Crippen LogP contribution is 2.29. The Labute approximate surface area is 126 Å². The molecule has 114 valence electrons. The van der Waals surface area contributed by atoms with Gasteiger partial charge in [0.25, 0.3) is 0 Å². The number of para-hydroxylation sites is 2. The third-order valence-electron chi connectivity index (χ3n) is 2.41. The van der Waals surface area contributed by atoms with Crippen molar-refractivity contribution >= 4 is 11.8 Å². The predicted octanol–water partition coefficient (Wildman–Crippen LogP) is 4.53. The Bertz CT molecular complexity index is 515. The zero-order valence-corrected chi connectivity index (χ0v) is 13.1. The third-order valence-corrected chi connectivity index (χ3v) is 2.41. The Morgan fingerprint density at radius 2 is 2.00 bits per heavy atom. The smallest absolute Gasteiger partial charge is 0.415 e. The van der Waals surface area contributed by atoms with E-state index in [0.29, 0.717) is 18.0 Å². The molecule has 0 heterocycles. The standard InChI is InChI=1S/C17H23NO3/c1-6-12-18(16(19)21-17(3,4)5)14-10-8-9-11-15(14)20-13-7-2/h6-11,13H,1,12H2,2-5H3/b13-7+. The predicted molar refractivity (Wildman–Crippen MR) is 85.7 cm³/mol. The molecule has 1 rings (SSSR count). The molecule has 1 aromatic rings. The number of anilines is 1. The van der Waals surface area contributed by atoms with E-state index in [1.54, 1.807) is 24.5 Å². The van der Waals surface area contributed by atoms with E-state index in [1.807, 2.05) is 45.9 Å². The number of amides is 1. The van der Waals surface area contributed by atoms with E-state index in [9.17, 15) is 4.79 Å². The zero-order valence-electron chi connectivity index (χ0n) is 13.1. The fraction of sp³-hybridized carbons (Fsp3) is 0.353. The maximum absolute atomic E-state index is 12.4. The molecule has 4 nitrogen and oxygen atoms in total. The minimum Gasteiger partial charge on any atom is -0.463 e. The molecule has 0 N–H and O–H groups in total. The van der Waals surface area contributed by atoms with Gasteiger partial charge in [0.2, 0.25) is 0 Å². The normalized spacial score (nSPS) is 11.2. The summed E-state index contributed by atoms with van der Waals surface area (Å²) in [5, 5.41) is 0. The number of rotatable bonds is 5. The number of benzene rings is 1. The summed E-state index contributed by atoms with van der Waals surface area (Å²) < 4.78 is 11.0. The number of ether oxygens (including phenoxy) is 2. The zero-order chi connectivity index (χ0) is 15.9. The first-order valence-corrected chi connectivity index (χ1v) is 6.87. The molecule has 4 heteroatoms. The van der Waals surface area contributed by atoms with Crippen molar-refractivity contribution in [2.75, 3.05) is 11.4 Å². The Morgan fingerprint density at radius 1 is 1.33 bits per heavy atom. The number of carbonyl (C=O) groups excluding carboxylic acids is 1. The van der Waals surface area contributed by atoms with E-state index >= 15 is 0 Å². The summed E-state index contributed by atoms with van der Waals surface area (Å²) in [4.78, 5) is 13.9. The molecule has 0 aromatic heterocycles. The van der Waals surface area contributed by atoms with Crippen LogP contribution in [-0.4, -0.2) is 18.2 Å². The van der Waals surface area contributed by atoms with Crippen molar-refractivity contribution in [3.63, 3.8) is 0 Å². The molecule has 0 aliphatic rings. The summed E-state index contributed by atoms with van der Waals surface area (Å²) in [6.07, 6.45) is 4.57. The third kappa shape index (κ3) is 5.34. The summed E-state index contributed by atoms with van der Waals surface area (Å²) in [5.74, 6) is 0.586. The van der Waals surface area contributed by atoms with E-state index in [-0.39, 0.29) is 0 Å². The fourth-order valence-electron chi connectivity index (χ4n) is 1.64. The van der Waals surface area contributed by atoms with Crippen molar-refractivity contribution in [2.24, 2.45) is 0 Å². The van der Waals surface area contributed by atoms with Crippen molar-refractivity contribution in [1.82, 2.24) is 0 Å². The average molecular weight is 289 g/mol. The maximum Gasteiger partial charge on any atom is 0.415 e. The van der Waals surface area contributed by atoms with Crippen molar-refractivity contribution < 1.29 is 14.3 Å². The number of nitrogens with zero attached hydrogens (tertiary/aromatic N) is 1. The molecule has 0 radical (unpaired) electrons. The second-order valence-electron chi connectivity index (χ2n) is 5.43. The Balaban J connectivity index is 3.10. The molecule has 0 bridgehead atoms. The van der Waals surface area contributed by atoms with Gasteiger partial charge in [0.05, 0.1) is 11.9 Å². The van der Waals surface area contributed by atoms with Gasteiger partial charge in [-0.1, -0.05) is 24.3 Å². The summed E-state index contributed by atoms with van der Waals surface area (Å²) >= 11 is 0. The Morgan fingerprint density at radius 3 is 2.57 bits per heavy atom.